The Morgan fingerprint density at radius 2 is 1.88 bits per heavy atom. The maximum atomic E-state index is 13.5. The highest BCUT2D eigenvalue weighted by atomic mass is 79.9. The lowest BCUT2D eigenvalue weighted by Crippen LogP contribution is -1.98. The second-order valence-electron chi connectivity index (χ2n) is 3.10. The number of halogens is 4. The molecule has 0 spiro atoms. The van der Waals surface area contributed by atoms with Crippen molar-refractivity contribution < 1.29 is 8.78 Å². The first-order valence-electron chi connectivity index (χ1n) is 4.45. The van der Waals surface area contributed by atoms with Gasteiger partial charge in [-0.15, -0.1) is 0 Å². The number of anilines is 2. The van der Waals surface area contributed by atoms with Crippen LogP contribution in [0.5, 0.6) is 0 Å². The molecule has 2 rings (SSSR count). The summed E-state index contributed by atoms with van der Waals surface area (Å²) in [7, 11) is 0. The zero-order valence-electron chi connectivity index (χ0n) is 8.22. The third-order valence-electron chi connectivity index (χ3n) is 1.91. The standard InChI is InChI=1S/C10H5BrClF2N3/c11-5-1-7(14)8(2-6(5)13)17-10-3-9(12)15-4-16-10/h1-4H,(H,15,16,17). The van der Waals surface area contributed by atoms with E-state index in [1.165, 1.54) is 12.4 Å². The quantitative estimate of drug-likeness (QED) is 0.673. The Bertz CT molecular complexity index is 565. The van der Waals surface area contributed by atoms with Gasteiger partial charge < -0.3 is 5.32 Å². The van der Waals surface area contributed by atoms with E-state index in [0.717, 1.165) is 12.1 Å². The molecule has 7 heteroatoms. The average Bonchev–Trinajstić information content (AvgIpc) is 2.26. The molecule has 1 aromatic heterocycles. The van der Waals surface area contributed by atoms with E-state index in [2.05, 4.69) is 31.2 Å². The molecule has 1 aromatic carbocycles. The number of nitrogens with one attached hydrogen (secondary N) is 1. The summed E-state index contributed by atoms with van der Waals surface area (Å²) < 4.78 is 26.8. The maximum absolute atomic E-state index is 13.5. The lowest BCUT2D eigenvalue weighted by molar-refractivity contribution is 0.597. The first-order chi connectivity index (χ1) is 8.06. The molecule has 0 saturated heterocycles. The summed E-state index contributed by atoms with van der Waals surface area (Å²) in [5, 5.41) is 2.82. The Morgan fingerprint density at radius 1 is 1.12 bits per heavy atom. The third kappa shape index (κ3) is 2.89. The van der Waals surface area contributed by atoms with Gasteiger partial charge in [0.1, 0.15) is 28.9 Å². The van der Waals surface area contributed by atoms with E-state index < -0.39 is 11.6 Å². The molecule has 0 bridgehead atoms. The molecule has 1 N–H and O–H groups in total. The molecule has 0 radical (unpaired) electrons. The van der Waals surface area contributed by atoms with E-state index in [1.807, 2.05) is 0 Å². The van der Waals surface area contributed by atoms with Gasteiger partial charge in [-0.1, -0.05) is 11.6 Å². The van der Waals surface area contributed by atoms with Crippen LogP contribution >= 0.6 is 27.5 Å². The topological polar surface area (TPSA) is 37.8 Å². The number of aromatic nitrogens is 2. The predicted octanol–water partition coefficient (Wildman–Crippen LogP) is 3.91. The lowest BCUT2D eigenvalue weighted by atomic mass is 10.3. The van der Waals surface area contributed by atoms with Crippen LogP contribution in [0, 0.1) is 11.6 Å². The van der Waals surface area contributed by atoms with Crippen molar-refractivity contribution in [1.29, 1.82) is 0 Å². The molecule has 2 aromatic rings. The molecule has 0 amide bonds. The zero-order chi connectivity index (χ0) is 12.4. The van der Waals surface area contributed by atoms with Gasteiger partial charge in [0.25, 0.3) is 0 Å². The van der Waals surface area contributed by atoms with Crippen LogP contribution in [0.4, 0.5) is 20.3 Å². The maximum Gasteiger partial charge on any atom is 0.148 e. The Hall–Kier alpha value is -1.27. The largest absolute Gasteiger partial charge is 0.338 e. The van der Waals surface area contributed by atoms with E-state index in [1.54, 1.807) is 0 Å². The van der Waals surface area contributed by atoms with Crippen LogP contribution in [0.25, 0.3) is 0 Å². The Kier molecular flexibility index (Phi) is 3.54. The fourth-order valence-electron chi connectivity index (χ4n) is 1.16. The van der Waals surface area contributed by atoms with Crippen molar-refractivity contribution in [3.05, 3.63) is 45.8 Å². The molecule has 3 nitrogen and oxygen atoms in total. The molecular weight excluding hydrogens is 315 g/mol. The summed E-state index contributed by atoms with van der Waals surface area (Å²) in [6.07, 6.45) is 1.22. The van der Waals surface area contributed by atoms with Gasteiger partial charge in [0.05, 0.1) is 10.2 Å². The molecule has 88 valence electrons. The van der Waals surface area contributed by atoms with Crippen molar-refractivity contribution in [2.75, 3.05) is 5.32 Å². The number of nitrogens with zero attached hydrogens (tertiary/aromatic N) is 2. The summed E-state index contributed by atoms with van der Waals surface area (Å²) in [5.74, 6) is -0.896. The van der Waals surface area contributed by atoms with Gasteiger partial charge in [0.15, 0.2) is 0 Å². The van der Waals surface area contributed by atoms with Gasteiger partial charge in [-0.25, -0.2) is 18.7 Å². The summed E-state index contributed by atoms with van der Waals surface area (Å²) >= 11 is 8.53. The molecule has 17 heavy (non-hydrogen) atoms. The Morgan fingerprint density at radius 3 is 2.59 bits per heavy atom. The van der Waals surface area contributed by atoms with Gasteiger partial charge in [-0.3, -0.25) is 0 Å². The Balaban J connectivity index is 2.33. The molecular formula is C10H5BrClF2N3. The first-order valence-corrected chi connectivity index (χ1v) is 5.62. The van der Waals surface area contributed by atoms with Gasteiger partial charge in [0.2, 0.25) is 0 Å². The molecule has 0 aliphatic rings. The predicted molar refractivity (Wildman–Crippen MR) is 64.4 cm³/mol. The molecule has 0 atom stereocenters. The second-order valence-corrected chi connectivity index (χ2v) is 4.34. The minimum Gasteiger partial charge on any atom is -0.338 e. The summed E-state index contributed by atoms with van der Waals surface area (Å²) in [4.78, 5) is 7.50. The van der Waals surface area contributed by atoms with Crippen LogP contribution in [0.2, 0.25) is 5.15 Å². The highest BCUT2D eigenvalue weighted by Gasteiger charge is 2.09. The van der Waals surface area contributed by atoms with E-state index in [9.17, 15) is 8.78 Å². The third-order valence-corrected chi connectivity index (χ3v) is 2.72. The van der Waals surface area contributed by atoms with Crippen molar-refractivity contribution in [2.45, 2.75) is 0 Å². The highest BCUT2D eigenvalue weighted by Crippen LogP contribution is 2.25. The number of hydrogen-bond donors (Lipinski definition) is 1. The molecule has 1 heterocycles. The molecule has 0 aliphatic heterocycles. The highest BCUT2D eigenvalue weighted by molar-refractivity contribution is 9.10. The van der Waals surface area contributed by atoms with Crippen molar-refractivity contribution in [3.8, 4) is 0 Å². The van der Waals surface area contributed by atoms with E-state index in [4.69, 9.17) is 11.6 Å². The summed E-state index contributed by atoms with van der Waals surface area (Å²) in [6, 6.07) is 3.46. The number of benzene rings is 1. The minimum absolute atomic E-state index is 0.0273. The number of rotatable bonds is 2. The van der Waals surface area contributed by atoms with E-state index in [-0.39, 0.29) is 21.1 Å². The molecule has 0 unspecified atom stereocenters. The van der Waals surface area contributed by atoms with Crippen molar-refractivity contribution in [1.82, 2.24) is 9.97 Å². The summed E-state index contributed by atoms with van der Waals surface area (Å²) in [5.41, 5.74) is -0.0273. The fourth-order valence-corrected chi connectivity index (χ4v) is 1.62. The van der Waals surface area contributed by atoms with Crippen LogP contribution < -0.4 is 5.32 Å². The van der Waals surface area contributed by atoms with E-state index in [0.29, 0.717) is 0 Å². The van der Waals surface area contributed by atoms with Gasteiger partial charge >= 0.3 is 0 Å². The molecule has 0 saturated carbocycles. The minimum atomic E-state index is -0.604. The molecule has 0 fully saturated rings. The van der Waals surface area contributed by atoms with Crippen LogP contribution in [-0.4, -0.2) is 9.97 Å². The van der Waals surface area contributed by atoms with Crippen LogP contribution in [0.15, 0.2) is 29.0 Å². The Labute approximate surface area is 109 Å². The monoisotopic (exact) mass is 319 g/mol. The number of hydrogen-bond acceptors (Lipinski definition) is 3. The van der Waals surface area contributed by atoms with Crippen molar-refractivity contribution >= 4 is 39.0 Å². The second kappa shape index (κ2) is 4.93. The van der Waals surface area contributed by atoms with Gasteiger partial charge in [-0.05, 0) is 22.0 Å². The summed E-state index contributed by atoms with van der Waals surface area (Å²) in [6.45, 7) is 0. The zero-order valence-corrected chi connectivity index (χ0v) is 10.6. The van der Waals surface area contributed by atoms with Crippen LogP contribution in [0.3, 0.4) is 0 Å². The van der Waals surface area contributed by atoms with Crippen LogP contribution in [-0.2, 0) is 0 Å². The van der Waals surface area contributed by atoms with Gasteiger partial charge in [-0.2, -0.15) is 0 Å². The smallest absolute Gasteiger partial charge is 0.148 e. The van der Waals surface area contributed by atoms with E-state index >= 15 is 0 Å². The van der Waals surface area contributed by atoms with Gasteiger partial charge in [0, 0.05) is 12.1 Å². The normalized spacial score (nSPS) is 10.4. The SMILES string of the molecule is Fc1cc(Nc2cc(Cl)ncn2)c(F)cc1Br. The average molecular weight is 321 g/mol. The van der Waals surface area contributed by atoms with Crippen molar-refractivity contribution in [3.63, 3.8) is 0 Å². The first kappa shape index (κ1) is 12.2. The van der Waals surface area contributed by atoms with Crippen molar-refractivity contribution in [2.24, 2.45) is 0 Å². The fraction of sp³-hybridized carbons (Fsp3) is 0. The lowest BCUT2D eigenvalue weighted by Gasteiger charge is -2.07. The molecule has 0 aliphatic carbocycles. The van der Waals surface area contributed by atoms with Crippen LogP contribution in [0.1, 0.15) is 0 Å².